The third-order valence-corrected chi connectivity index (χ3v) is 4.50. The molecule has 3 rings (SSSR count). The molecule has 0 aliphatic carbocycles. The zero-order valence-corrected chi connectivity index (χ0v) is 15.7. The molecule has 5 nitrogen and oxygen atoms in total. The van der Waals surface area contributed by atoms with Crippen molar-refractivity contribution in [1.82, 2.24) is 14.9 Å². The second kappa shape index (κ2) is 8.94. The second-order valence-electron chi connectivity index (χ2n) is 6.40. The number of anilines is 2. The molecule has 0 aliphatic heterocycles. The molecule has 0 atom stereocenters. The smallest absolute Gasteiger partial charge is 0.253 e. The van der Waals surface area contributed by atoms with E-state index in [-0.39, 0.29) is 5.91 Å². The molecule has 138 valence electrons. The van der Waals surface area contributed by atoms with Crippen molar-refractivity contribution in [2.24, 2.45) is 0 Å². The zero-order valence-electron chi connectivity index (χ0n) is 15.7. The molecule has 0 aliphatic rings. The van der Waals surface area contributed by atoms with Crippen molar-refractivity contribution in [2.45, 2.75) is 19.8 Å². The molecule has 0 radical (unpaired) electrons. The van der Waals surface area contributed by atoms with Crippen LogP contribution >= 0.6 is 0 Å². The Hall–Kier alpha value is -3.21. The van der Waals surface area contributed by atoms with Gasteiger partial charge in [0.2, 0.25) is 0 Å². The first-order valence-corrected chi connectivity index (χ1v) is 9.12. The maximum Gasteiger partial charge on any atom is 0.253 e. The van der Waals surface area contributed by atoms with Crippen LogP contribution in [0.4, 0.5) is 11.5 Å². The standard InChI is InChI=1S/C22H24N4O/c1-3-18-6-4-5-7-20(18)25-21-16-19(10-14-24-21)22(27)26(2)15-11-17-8-12-23-13-9-17/h4-10,12-14,16H,3,11,15H2,1-2H3,(H,24,25). The van der Waals surface area contributed by atoms with Crippen LogP contribution in [0.15, 0.2) is 67.1 Å². The van der Waals surface area contributed by atoms with Gasteiger partial charge < -0.3 is 10.2 Å². The minimum absolute atomic E-state index is 0.0155. The number of aromatic nitrogens is 2. The molecule has 1 amide bonds. The van der Waals surface area contributed by atoms with E-state index in [0.717, 1.165) is 24.1 Å². The SMILES string of the molecule is CCc1ccccc1Nc1cc(C(=O)N(C)CCc2ccncc2)ccn1. The maximum absolute atomic E-state index is 12.8. The first-order chi connectivity index (χ1) is 13.2. The largest absolute Gasteiger partial charge is 0.341 e. The van der Waals surface area contributed by atoms with Crippen LogP contribution in [0.5, 0.6) is 0 Å². The van der Waals surface area contributed by atoms with E-state index in [4.69, 9.17) is 0 Å². The lowest BCUT2D eigenvalue weighted by Crippen LogP contribution is -2.28. The lowest BCUT2D eigenvalue weighted by Gasteiger charge is -2.18. The number of carbonyl (C=O) groups is 1. The van der Waals surface area contributed by atoms with Gasteiger partial charge in [-0.05, 0) is 54.3 Å². The van der Waals surface area contributed by atoms with Crippen LogP contribution in [-0.2, 0) is 12.8 Å². The molecule has 2 aromatic heterocycles. The Labute approximate surface area is 160 Å². The van der Waals surface area contributed by atoms with Crippen molar-refractivity contribution >= 4 is 17.4 Å². The summed E-state index contributed by atoms with van der Waals surface area (Å²) in [6, 6.07) is 15.6. The second-order valence-corrected chi connectivity index (χ2v) is 6.40. The number of nitrogens with zero attached hydrogens (tertiary/aromatic N) is 3. The Morgan fingerprint density at radius 2 is 1.85 bits per heavy atom. The van der Waals surface area contributed by atoms with Crippen LogP contribution in [-0.4, -0.2) is 34.4 Å². The van der Waals surface area contributed by atoms with Crippen molar-refractivity contribution in [3.05, 3.63) is 83.8 Å². The van der Waals surface area contributed by atoms with Crippen molar-refractivity contribution in [3.8, 4) is 0 Å². The molecule has 0 spiro atoms. The highest BCUT2D eigenvalue weighted by Crippen LogP contribution is 2.20. The van der Waals surface area contributed by atoms with Gasteiger partial charge in [0.05, 0.1) is 0 Å². The summed E-state index contributed by atoms with van der Waals surface area (Å²) in [4.78, 5) is 22.9. The van der Waals surface area contributed by atoms with Crippen LogP contribution in [0, 0.1) is 0 Å². The number of hydrogen-bond acceptors (Lipinski definition) is 4. The fourth-order valence-electron chi connectivity index (χ4n) is 2.89. The van der Waals surface area contributed by atoms with E-state index in [2.05, 4.69) is 28.3 Å². The zero-order chi connectivity index (χ0) is 19.1. The summed E-state index contributed by atoms with van der Waals surface area (Å²) in [6.07, 6.45) is 6.93. The first kappa shape index (κ1) is 18.6. The molecule has 27 heavy (non-hydrogen) atoms. The normalized spacial score (nSPS) is 10.4. The molecule has 0 fully saturated rings. The quantitative estimate of drug-likeness (QED) is 0.689. The Morgan fingerprint density at radius 1 is 1.07 bits per heavy atom. The van der Waals surface area contributed by atoms with Gasteiger partial charge >= 0.3 is 0 Å². The Kier molecular flexibility index (Phi) is 6.15. The predicted octanol–water partition coefficient (Wildman–Crippen LogP) is 4.10. The average molecular weight is 360 g/mol. The summed E-state index contributed by atoms with van der Waals surface area (Å²) < 4.78 is 0. The van der Waals surface area contributed by atoms with Crippen molar-refractivity contribution in [3.63, 3.8) is 0 Å². The lowest BCUT2D eigenvalue weighted by molar-refractivity contribution is 0.0796. The molecule has 3 aromatic rings. The number of benzene rings is 1. The van der Waals surface area contributed by atoms with E-state index in [1.54, 1.807) is 35.6 Å². The highest BCUT2D eigenvalue weighted by molar-refractivity contribution is 5.94. The Bertz CT molecular complexity index is 896. The van der Waals surface area contributed by atoms with Gasteiger partial charge in [0, 0.05) is 43.4 Å². The molecular weight excluding hydrogens is 336 g/mol. The van der Waals surface area contributed by atoms with Crippen LogP contribution in [0.25, 0.3) is 0 Å². The van der Waals surface area contributed by atoms with Gasteiger partial charge in [-0.1, -0.05) is 25.1 Å². The van der Waals surface area contributed by atoms with E-state index in [1.807, 2.05) is 37.4 Å². The third kappa shape index (κ3) is 4.91. The van der Waals surface area contributed by atoms with Gasteiger partial charge in [-0.25, -0.2) is 4.98 Å². The lowest BCUT2D eigenvalue weighted by atomic mass is 10.1. The first-order valence-electron chi connectivity index (χ1n) is 9.12. The molecule has 5 heteroatoms. The number of carbonyl (C=O) groups excluding carboxylic acids is 1. The number of aryl methyl sites for hydroxylation is 1. The fourth-order valence-corrected chi connectivity index (χ4v) is 2.89. The number of para-hydroxylation sites is 1. The maximum atomic E-state index is 12.8. The summed E-state index contributed by atoms with van der Waals surface area (Å²) in [6.45, 7) is 2.76. The number of amides is 1. The predicted molar refractivity (Wildman–Crippen MR) is 108 cm³/mol. The number of likely N-dealkylation sites (N-methyl/N-ethyl adjacent to an activating group) is 1. The molecule has 1 aromatic carbocycles. The average Bonchev–Trinajstić information content (AvgIpc) is 2.73. The van der Waals surface area contributed by atoms with Gasteiger partial charge in [0.1, 0.15) is 5.82 Å². The van der Waals surface area contributed by atoms with Crippen molar-refractivity contribution < 1.29 is 4.79 Å². The van der Waals surface area contributed by atoms with Crippen LogP contribution in [0.3, 0.4) is 0 Å². The molecule has 1 N–H and O–H groups in total. The minimum atomic E-state index is -0.0155. The monoisotopic (exact) mass is 360 g/mol. The van der Waals surface area contributed by atoms with Crippen LogP contribution < -0.4 is 5.32 Å². The summed E-state index contributed by atoms with van der Waals surface area (Å²) in [5.74, 6) is 0.655. The van der Waals surface area contributed by atoms with Crippen molar-refractivity contribution in [2.75, 3.05) is 18.9 Å². The highest BCUT2D eigenvalue weighted by Gasteiger charge is 2.13. The summed E-state index contributed by atoms with van der Waals surface area (Å²) in [5, 5.41) is 3.33. The minimum Gasteiger partial charge on any atom is -0.341 e. The van der Waals surface area contributed by atoms with Gasteiger partial charge in [0.25, 0.3) is 5.91 Å². The Balaban J connectivity index is 1.68. The summed E-state index contributed by atoms with van der Waals surface area (Å²) in [5.41, 5.74) is 4.02. The molecule has 0 bridgehead atoms. The van der Waals surface area contributed by atoms with E-state index in [1.165, 1.54) is 5.56 Å². The highest BCUT2D eigenvalue weighted by atomic mass is 16.2. The molecular formula is C22H24N4O. The number of hydrogen-bond donors (Lipinski definition) is 1. The van der Waals surface area contributed by atoms with Gasteiger partial charge in [-0.2, -0.15) is 0 Å². The van der Waals surface area contributed by atoms with E-state index >= 15 is 0 Å². The van der Waals surface area contributed by atoms with Gasteiger partial charge in [-0.3, -0.25) is 9.78 Å². The summed E-state index contributed by atoms with van der Waals surface area (Å²) in [7, 11) is 1.82. The number of pyridine rings is 2. The third-order valence-electron chi connectivity index (χ3n) is 4.50. The molecule has 2 heterocycles. The number of rotatable bonds is 7. The van der Waals surface area contributed by atoms with E-state index in [0.29, 0.717) is 17.9 Å². The topological polar surface area (TPSA) is 58.1 Å². The molecule has 0 unspecified atom stereocenters. The Morgan fingerprint density at radius 3 is 2.63 bits per heavy atom. The van der Waals surface area contributed by atoms with Crippen LogP contribution in [0.1, 0.15) is 28.4 Å². The van der Waals surface area contributed by atoms with Gasteiger partial charge in [0.15, 0.2) is 0 Å². The van der Waals surface area contributed by atoms with E-state index < -0.39 is 0 Å². The number of nitrogens with one attached hydrogen (secondary N) is 1. The van der Waals surface area contributed by atoms with Crippen molar-refractivity contribution in [1.29, 1.82) is 0 Å². The van der Waals surface area contributed by atoms with E-state index in [9.17, 15) is 4.79 Å². The van der Waals surface area contributed by atoms with Crippen LogP contribution in [0.2, 0.25) is 0 Å². The summed E-state index contributed by atoms with van der Waals surface area (Å²) >= 11 is 0. The van der Waals surface area contributed by atoms with Gasteiger partial charge in [-0.15, -0.1) is 0 Å². The molecule has 0 saturated heterocycles. The molecule has 0 saturated carbocycles. The fraction of sp³-hybridized carbons (Fsp3) is 0.227.